The van der Waals surface area contributed by atoms with Gasteiger partial charge in [-0.15, -0.1) is 0 Å². The highest BCUT2D eigenvalue weighted by Crippen LogP contribution is 2.27. The zero-order chi connectivity index (χ0) is 15.6. The molecule has 0 aromatic heterocycles. The van der Waals surface area contributed by atoms with E-state index in [9.17, 15) is 8.42 Å². The normalized spacial score (nSPS) is 11.2. The molecule has 0 fully saturated rings. The van der Waals surface area contributed by atoms with Gasteiger partial charge in [0.05, 0.1) is 12.0 Å². The molecule has 0 saturated heterocycles. The van der Waals surface area contributed by atoms with Crippen LogP contribution in [-0.4, -0.2) is 15.5 Å². The summed E-state index contributed by atoms with van der Waals surface area (Å²) >= 11 is 2.17. The number of rotatable bonds is 4. The number of nitrogens with one attached hydrogen (secondary N) is 1. The van der Waals surface area contributed by atoms with Crippen LogP contribution >= 0.6 is 22.6 Å². The topological polar surface area (TPSA) is 55.4 Å². The number of hydrogen-bond donors (Lipinski definition) is 1. The minimum absolute atomic E-state index is 0.225. The number of aryl methyl sites for hydroxylation is 2. The molecular weight excluding hydrogens is 401 g/mol. The monoisotopic (exact) mass is 417 g/mol. The molecule has 0 radical (unpaired) electrons. The second kappa shape index (κ2) is 6.23. The Morgan fingerprint density at radius 1 is 1.05 bits per heavy atom. The van der Waals surface area contributed by atoms with Gasteiger partial charge in [-0.1, -0.05) is 6.07 Å². The maximum atomic E-state index is 12.5. The minimum atomic E-state index is -3.64. The van der Waals surface area contributed by atoms with E-state index in [2.05, 4.69) is 27.3 Å². The lowest BCUT2D eigenvalue weighted by Gasteiger charge is -2.13. The first-order valence-electron chi connectivity index (χ1n) is 6.27. The van der Waals surface area contributed by atoms with Crippen molar-refractivity contribution in [2.45, 2.75) is 18.7 Å². The van der Waals surface area contributed by atoms with Crippen molar-refractivity contribution in [1.82, 2.24) is 0 Å². The summed E-state index contributed by atoms with van der Waals surface area (Å²) < 4.78 is 33.9. The van der Waals surface area contributed by atoms with Crippen LogP contribution in [0.2, 0.25) is 0 Å². The molecule has 0 spiro atoms. The van der Waals surface area contributed by atoms with Gasteiger partial charge in [-0.25, -0.2) is 8.42 Å². The van der Waals surface area contributed by atoms with Crippen molar-refractivity contribution in [3.8, 4) is 5.75 Å². The van der Waals surface area contributed by atoms with Gasteiger partial charge in [0, 0.05) is 15.3 Å². The average molecular weight is 417 g/mol. The Morgan fingerprint density at radius 2 is 1.67 bits per heavy atom. The Hall–Kier alpha value is -1.28. The lowest BCUT2D eigenvalue weighted by atomic mass is 10.1. The minimum Gasteiger partial charge on any atom is -0.496 e. The highest BCUT2D eigenvalue weighted by Gasteiger charge is 2.19. The zero-order valence-corrected chi connectivity index (χ0v) is 14.9. The number of ether oxygens (including phenoxy) is 1. The Labute approximate surface area is 138 Å². The molecule has 21 heavy (non-hydrogen) atoms. The molecule has 0 bridgehead atoms. The maximum absolute atomic E-state index is 12.5. The number of hydrogen-bond acceptors (Lipinski definition) is 3. The van der Waals surface area contributed by atoms with Gasteiger partial charge >= 0.3 is 0 Å². The fourth-order valence-electron chi connectivity index (χ4n) is 2.05. The van der Waals surface area contributed by atoms with Gasteiger partial charge in [0.15, 0.2) is 0 Å². The van der Waals surface area contributed by atoms with Crippen molar-refractivity contribution in [2.24, 2.45) is 0 Å². The molecule has 2 aromatic carbocycles. The maximum Gasteiger partial charge on any atom is 0.262 e. The van der Waals surface area contributed by atoms with Crippen molar-refractivity contribution in [1.29, 1.82) is 0 Å². The molecular formula is C15H16INO3S. The molecule has 0 saturated carbocycles. The van der Waals surface area contributed by atoms with Gasteiger partial charge in [-0.05, 0) is 71.8 Å². The number of methoxy groups -OCH3 is 1. The van der Waals surface area contributed by atoms with Gasteiger partial charge in [0.1, 0.15) is 5.75 Å². The van der Waals surface area contributed by atoms with Crippen LogP contribution in [0.1, 0.15) is 11.1 Å². The van der Waals surface area contributed by atoms with Crippen LogP contribution in [0, 0.1) is 17.4 Å². The van der Waals surface area contributed by atoms with Crippen LogP contribution < -0.4 is 9.46 Å². The second-order valence-corrected chi connectivity index (χ2v) is 7.60. The third-order valence-corrected chi connectivity index (χ3v) is 5.32. The van der Waals surface area contributed by atoms with Crippen molar-refractivity contribution in [3.63, 3.8) is 0 Å². The third kappa shape index (κ3) is 3.68. The molecule has 0 amide bonds. The van der Waals surface area contributed by atoms with E-state index in [1.54, 1.807) is 31.2 Å². The fraction of sp³-hybridized carbons (Fsp3) is 0.200. The van der Waals surface area contributed by atoms with Gasteiger partial charge in [-0.2, -0.15) is 0 Å². The van der Waals surface area contributed by atoms with E-state index in [1.165, 1.54) is 7.11 Å². The van der Waals surface area contributed by atoms with Crippen LogP contribution in [-0.2, 0) is 10.0 Å². The Bertz CT molecular complexity index is 755. The van der Waals surface area contributed by atoms with Crippen molar-refractivity contribution >= 4 is 38.3 Å². The van der Waals surface area contributed by atoms with Crippen LogP contribution in [0.25, 0.3) is 0 Å². The van der Waals surface area contributed by atoms with Gasteiger partial charge in [0.2, 0.25) is 0 Å². The highest BCUT2D eigenvalue weighted by atomic mass is 127. The summed E-state index contributed by atoms with van der Waals surface area (Å²) in [5, 5.41) is 0. The molecule has 0 heterocycles. The number of halogens is 1. The Kier molecular flexibility index (Phi) is 4.77. The smallest absolute Gasteiger partial charge is 0.262 e. The third-order valence-electron chi connectivity index (χ3n) is 3.08. The second-order valence-electron chi connectivity index (χ2n) is 4.70. The summed E-state index contributed by atoms with van der Waals surface area (Å²) in [6.07, 6.45) is 0. The van der Waals surface area contributed by atoms with E-state index in [0.717, 1.165) is 9.13 Å². The summed E-state index contributed by atoms with van der Waals surface area (Å²) in [7, 11) is -2.11. The first-order valence-corrected chi connectivity index (χ1v) is 8.83. The standard InChI is InChI=1S/C15H16INO3S/c1-10-8-11(2)15(9-14(10)20-3)21(18,19)17-13-6-4-12(16)5-7-13/h4-9,17H,1-3H3. The molecule has 4 nitrogen and oxygen atoms in total. The summed E-state index contributed by atoms with van der Waals surface area (Å²) in [5.74, 6) is 0.559. The lowest BCUT2D eigenvalue weighted by Crippen LogP contribution is -2.14. The first-order chi connectivity index (χ1) is 9.83. The van der Waals surface area contributed by atoms with Gasteiger partial charge in [0.25, 0.3) is 10.0 Å². The fourth-order valence-corrected chi connectivity index (χ4v) is 3.71. The van der Waals surface area contributed by atoms with Crippen LogP contribution in [0.15, 0.2) is 41.3 Å². The van der Waals surface area contributed by atoms with Crippen molar-refractivity contribution in [3.05, 3.63) is 51.1 Å². The van der Waals surface area contributed by atoms with E-state index in [-0.39, 0.29) is 4.90 Å². The van der Waals surface area contributed by atoms with Gasteiger partial charge in [-0.3, -0.25) is 4.72 Å². The molecule has 1 N–H and O–H groups in total. The highest BCUT2D eigenvalue weighted by molar-refractivity contribution is 14.1. The van der Waals surface area contributed by atoms with E-state index >= 15 is 0 Å². The molecule has 0 aliphatic rings. The SMILES string of the molecule is COc1cc(S(=O)(=O)Nc2ccc(I)cc2)c(C)cc1C. The van der Waals surface area contributed by atoms with E-state index in [0.29, 0.717) is 17.0 Å². The number of anilines is 1. The van der Waals surface area contributed by atoms with Gasteiger partial charge < -0.3 is 4.74 Å². The predicted octanol–water partition coefficient (Wildman–Crippen LogP) is 3.72. The first kappa shape index (κ1) is 16.1. The largest absolute Gasteiger partial charge is 0.496 e. The molecule has 0 aliphatic heterocycles. The summed E-state index contributed by atoms with van der Waals surface area (Å²) in [6, 6.07) is 10.5. The average Bonchev–Trinajstić information content (AvgIpc) is 2.41. The van der Waals surface area contributed by atoms with E-state index in [4.69, 9.17) is 4.74 Å². The van der Waals surface area contributed by atoms with Crippen molar-refractivity contribution in [2.75, 3.05) is 11.8 Å². The summed E-state index contributed by atoms with van der Waals surface area (Å²) in [6.45, 7) is 3.66. The van der Waals surface area contributed by atoms with Crippen LogP contribution in [0.5, 0.6) is 5.75 Å². The lowest BCUT2D eigenvalue weighted by molar-refractivity contribution is 0.410. The van der Waals surface area contributed by atoms with Crippen LogP contribution in [0.3, 0.4) is 0 Å². The number of benzene rings is 2. The molecule has 0 unspecified atom stereocenters. The van der Waals surface area contributed by atoms with Crippen LogP contribution in [0.4, 0.5) is 5.69 Å². The van der Waals surface area contributed by atoms with E-state index < -0.39 is 10.0 Å². The quantitative estimate of drug-likeness (QED) is 0.772. The molecule has 2 aromatic rings. The Balaban J connectivity index is 2.42. The number of sulfonamides is 1. The molecule has 112 valence electrons. The predicted molar refractivity (Wildman–Crippen MR) is 92.4 cm³/mol. The summed E-state index contributed by atoms with van der Waals surface area (Å²) in [4.78, 5) is 0.225. The van der Waals surface area contributed by atoms with Crippen molar-refractivity contribution < 1.29 is 13.2 Å². The molecule has 0 atom stereocenters. The van der Waals surface area contributed by atoms with E-state index in [1.807, 2.05) is 19.1 Å². The molecule has 6 heteroatoms. The Morgan fingerprint density at radius 3 is 2.24 bits per heavy atom. The molecule has 2 rings (SSSR count). The molecule has 0 aliphatic carbocycles. The zero-order valence-electron chi connectivity index (χ0n) is 12.0. The summed E-state index contributed by atoms with van der Waals surface area (Å²) in [5.41, 5.74) is 2.13.